The zero-order chi connectivity index (χ0) is 26.5. The Hall–Kier alpha value is -5.52. The molecule has 0 fully saturated rings. The van der Waals surface area contributed by atoms with Crippen LogP contribution in [-0.4, -0.2) is 56.9 Å². The largest absolute Gasteiger partial charge is 0.513 e. The second-order valence-electron chi connectivity index (χ2n) is 7.76. The Morgan fingerprint density at radius 1 is 0.605 bits per heavy atom. The number of carbonyl (C=O) groups excluding carboxylic acids is 2. The van der Waals surface area contributed by atoms with Crippen LogP contribution in [0.2, 0.25) is 0 Å². The number of rotatable bonds is 6. The molecule has 0 amide bonds. The van der Waals surface area contributed by atoms with E-state index in [0.717, 1.165) is 11.1 Å². The summed E-state index contributed by atoms with van der Waals surface area (Å²) in [5.74, 6) is 2.55. The molecular weight excluding hydrogens is 492 g/mol. The van der Waals surface area contributed by atoms with Crippen LogP contribution in [0.1, 0.15) is 0 Å². The Kier molecular flexibility index (Phi) is 6.76. The summed E-state index contributed by atoms with van der Waals surface area (Å²) in [6.07, 6.45) is -1.62. The molecule has 0 saturated heterocycles. The number of H-pyrrole nitrogens is 2. The van der Waals surface area contributed by atoms with Gasteiger partial charge < -0.3 is 18.9 Å². The molecule has 0 aliphatic carbocycles. The number of ether oxygens (including phenoxy) is 4. The first-order chi connectivity index (χ1) is 18.5. The van der Waals surface area contributed by atoms with Gasteiger partial charge in [-0.3, -0.25) is 10.2 Å². The highest BCUT2D eigenvalue weighted by atomic mass is 16.7. The first-order valence-electron chi connectivity index (χ1n) is 11.2. The average Bonchev–Trinajstić information content (AvgIpc) is 3.64. The van der Waals surface area contributed by atoms with E-state index < -0.39 is 12.3 Å². The van der Waals surface area contributed by atoms with Gasteiger partial charge in [-0.05, 0) is 30.3 Å². The molecule has 0 unspecified atom stereocenters. The molecule has 12 nitrogen and oxygen atoms in total. The third-order valence-electron chi connectivity index (χ3n) is 5.30. The number of nitrogens with one attached hydrogen (secondary N) is 2. The minimum absolute atomic E-state index is 0.317. The van der Waals surface area contributed by atoms with E-state index >= 15 is 0 Å². The second kappa shape index (κ2) is 10.6. The maximum Gasteiger partial charge on any atom is 0.513 e. The van der Waals surface area contributed by atoms with Crippen LogP contribution in [0, 0.1) is 0 Å². The van der Waals surface area contributed by atoms with E-state index in [-0.39, 0.29) is 0 Å². The van der Waals surface area contributed by atoms with Crippen molar-refractivity contribution < 1.29 is 28.5 Å². The minimum atomic E-state index is -0.811. The Morgan fingerprint density at radius 3 is 1.47 bits per heavy atom. The first-order valence-corrected chi connectivity index (χ1v) is 11.2. The highest BCUT2D eigenvalue weighted by Gasteiger charge is 2.14. The third-order valence-corrected chi connectivity index (χ3v) is 5.30. The highest BCUT2D eigenvalue weighted by molar-refractivity contribution is 5.70. The van der Waals surface area contributed by atoms with Gasteiger partial charge in [0.05, 0.1) is 14.2 Å². The molecule has 5 rings (SSSR count). The highest BCUT2D eigenvalue weighted by Crippen LogP contribution is 2.27. The topological polar surface area (TPSA) is 154 Å². The second-order valence-corrected chi connectivity index (χ2v) is 7.76. The average molecular weight is 512 g/mol. The Bertz CT molecular complexity index is 1500. The number of carbonyl (C=O) groups is 2. The first kappa shape index (κ1) is 24.2. The van der Waals surface area contributed by atoms with Crippen molar-refractivity contribution in [1.29, 1.82) is 0 Å². The fourth-order valence-corrected chi connectivity index (χ4v) is 3.53. The number of methoxy groups -OCH3 is 2. The van der Waals surface area contributed by atoms with E-state index in [1.165, 1.54) is 14.2 Å². The quantitative estimate of drug-likeness (QED) is 0.237. The Balaban J connectivity index is 1.37. The Labute approximate surface area is 215 Å². The number of aromatic amines is 2. The third kappa shape index (κ3) is 5.33. The summed E-state index contributed by atoms with van der Waals surface area (Å²) in [6, 6.07) is 21.1. The van der Waals surface area contributed by atoms with Crippen LogP contribution in [0.3, 0.4) is 0 Å². The molecule has 0 aliphatic rings. The number of aromatic nitrogens is 6. The van der Waals surface area contributed by atoms with Crippen molar-refractivity contribution in [2.75, 3.05) is 14.2 Å². The normalized spacial score (nSPS) is 10.6. The van der Waals surface area contributed by atoms with Gasteiger partial charge in [-0.1, -0.05) is 42.5 Å². The van der Waals surface area contributed by atoms with Gasteiger partial charge in [0, 0.05) is 22.3 Å². The van der Waals surface area contributed by atoms with Crippen molar-refractivity contribution in [3.8, 4) is 57.1 Å². The molecule has 2 heterocycles. The van der Waals surface area contributed by atoms with E-state index in [0.29, 0.717) is 45.9 Å². The molecule has 0 bridgehead atoms. The zero-order valence-corrected chi connectivity index (χ0v) is 20.2. The molecule has 5 aromatic rings. The van der Waals surface area contributed by atoms with Crippen molar-refractivity contribution in [2.45, 2.75) is 0 Å². The van der Waals surface area contributed by atoms with Gasteiger partial charge in [0.15, 0.2) is 23.3 Å². The van der Waals surface area contributed by atoms with Gasteiger partial charge in [0.25, 0.3) is 0 Å². The summed E-state index contributed by atoms with van der Waals surface area (Å²) in [5.41, 5.74) is 2.84. The van der Waals surface area contributed by atoms with Crippen molar-refractivity contribution in [1.82, 2.24) is 30.4 Å². The SMILES string of the molecule is COC(=O)Oc1cccc(-c2nc(-c3cccc(-c4n[nH]c(-c5cccc(OC(=O)OC)c5)n4)c3)n[nH]2)c1. The molecule has 190 valence electrons. The molecular formula is C26H20N6O6. The van der Waals surface area contributed by atoms with Crippen LogP contribution in [-0.2, 0) is 9.47 Å². The molecule has 0 atom stereocenters. The lowest BCUT2D eigenvalue weighted by atomic mass is 10.1. The maximum atomic E-state index is 11.4. The van der Waals surface area contributed by atoms with E-state index in [1.807, 2.05) is 36.4 Å². The number of nitrogens with zero attached hydrogens (tertiary/aromatic N) is 4. The van der Waals surface area contributed by atoms with Gasteiger partial charge >= 0.3 is 12.3 Å². The molecule has 3 aromatic carbocycles. The van der Waals surface area contributed by atoms with Crippen molar-refractivity contribution in [3.05, 3.63) is 72.8 Å². The lowest BCUT2D eigenvalue weighted by Gasteiger charge is -2.03. The molecule has 0 saturated carbocycles. The predicted octanol–water partition coefficient (Wildman–Crippen LogP) is 4.88. The van der Waals surface area contributed by atoms with E-state index in [9.17, 15) is 9.59 Å². The van der Waals surface area contributed by atoms with E-state index in [2.05, 4.69) is 39.8 Å². The zero-order valence-electron chi connectivity index (χ0n) is 20.2. The molecule has 0 aliphatic heterocycles. The maximum absolute atomic E-state index is 11.4. The summed E-state index contributed by atoms with van der Waals surface area (Å²) in [6.45, 7) is 0. The molecule has 2 aromatic heterocycles. The Morgan fingerprint density at radius 2 is 1.03 bits per heavy atom. The smallest absolute Gasteiger partial charge is 0.437 e. The predicted molar refractivity (Wildman–Crippen MR) is 134 cm³/mol. The summed E-state index contributed by atoms with van der Waals surface area (Å²) in [7, 11) is 2.48. The van der Waals surface area contributed by atoms with Gasteiger partial charge in [0.1, 0.15) is 11.5 Å². The van der Waals surface area contributed by atoms with Gasteiger partial charge in [0.2, 0.25) is 0 Å². The lowest BCUT2D eigenvalue weighted by molar-refractivity contribution is 0.120. The van der Waals surface area contributed by atoms with Gasteiger partial charge in [-0.2, -0.15) is 10.2 Å². The van der Waals surface area contributed by atoms with Gasteiger partial charge in [-0.25, -0.2) is 19.6 Å². The molecule has 2 N–H and O–H groups in total. The van der Waals surface area contributed by atoms with E-state index in [1.54, 1.807) is 36.4 Å². The van der Waals surface area contributed by atoms with Crippen molar-refractivity contribution in [2.24, 2.45) is 0 Å². The fraction of sp³-hybridized carbons (Fsp3) is 0.0769. The number of benzene rings is 3. The van der Waals surface area contributed by atoms with Crippen molar-refractivity contribution >= 4 is 12.3 Å². The van der Waals surface area contributed by atoms with Crippen molar-refractivity contribution in [3.63, 3.8) is 0 Å². The summed E-state index contributed by atoms with van der Waals surface area (Å²) < 4.78 is 19.2. The lowest BCUT2D eigenvalue weighted by Crippen LogP contribution is -2.07. The molecule has 0 radical (unpaired) electrons. The van der Waals surface area contributed by atoms with Crippen LogP contribution in [0.15, 0.2) is 72.8 Å². The van der Waals surface area contributed by atoms with Gasteiger partial charge in [-0.15, -0.1) is 0 Å². The monoisotopic (exact) mass is 512 g/mol. The molecule has 0 spiro atoms. The van der Waals surface area contributed by atoms with Crippen LogP contribution >= 0.6 is 0 Å². The molecule has 12 heteroatoms. The summed E-state index contributed by atoms with van der Waals surface area (Å²) in [5, 5.41) is 14.5. The molecule has 38 heavy (non-hydrogen) atoms. The van der Waals surface area contributed by atoms with Crippen LogP contribution in [0.4, 0.5) is 9.59 Å². The van der Waals surface area contributed by atoms with Crippen LogP contribution in [0.5, 0.6) is 11.5 Å². The summed E-state index contributed by atoms with van der Waals surface area (Å²) in [4.78, 5) is 32.0. The summed E-state index contributed by atoms with van der Waals surface area (Å²) >= 11 is 0. The number of hydrogen-bond acceptors (Lipinski definition) is 10. The standard InChI is InChI=1S/C26H20N6O6/c1-35-25(33)37-19-10-4-8-17(13-19)23-27-21(29-31-23)15-6-3-7-16(12-15)22-28-24(32-30-22)18-9-5-11-20(14-18)38-26(34)36-2/h3-14H,1-2H3,(H,27,29,31)(H,28,30,32). The fourth-order valence-electron chi connectivity index (χ4n) is 3.53. The van der Waals surface area contributed by atoms with E-state index in [4.69, 9.17) is 9.47 Å². The van der Waals surface area contributed by atoms with Crippen LogP contribution < -0.4 is 9.47 Å². The number of hydrogen-bond donors (Lipinski definition) is 2. The van der Waals surface area contributed by atoms with Crippen LogP contribution in [0.25, 0.3) is 45.6 Å². The minimum Gasteiger partial charge on any atom is -0.437 e.